The number of amides is 1. The van der Waals surface area contributed by atoms with Crippen molar-refractivity contribution in [1.29, 1.82) is 0 Å². The molecule has 34 heavy (non-hydrogen) atoms. The molecule has 0 aliphatic carbocycles. The molecular formula is C22H23F2N7O3. The molecule has 0 saturated carbocycles. The van der Waals surface area contributed by atoms with Gasteiger partial charge in [-0.2, -0.15) is 0 Å². The number of rotatable bonds is 6. The second kappa shape index (κ2) is 9.29. The Morgan fingerprint density at radius 3 is 2.68 bits per heavy atom. The van der Waals surface area contributed by atoms with Crippen molar-refractivity contribution in [3.63, 3.8) is 0 Å². The third kappa shape index (κ3) is 4.40. The molecule has 2 saturated heterocycles. The van der Waals surface area contributed by atoms with Gasteiger partial charge in [-0.15, -0.1) is 15.3 Å². The van der Waals surface area contributed by atoms with Gasteiger partial charge in [-0.05, 0) is 25.1 Å². The Morgan fingerprint density at radius 1 is 1.12 bits per heavy atom. The number of fused-ring (bicyclic) bond motifs is 1. The van der Waals surface area contributed by atoms with E-state index < -0.39 is 6.43 Å². The molecular weight excluding hydrogens is 448 g/mol. The van der Waals surface area contributed by atoms with Gasteiger partial charge in [-0.3, -0.25) is 4.79 Å². The Kier molecular flexibility index (Phi) is 6.05. The number of carbonyl (C=O) groups is 1. The number of aryl methyl sites for hydroxylation is 1. The summed E-state index contributed by atoms with van der Waals surface area (Å²) >= 11 is 0. The normalized spacial score (nSPS) is 18.4. The Hall–Kier alpha value is -3.67. The lowest BCUT2D eigenvalue weighted by Crippen LogP contribution is -2.60. The maximum atomic E-state index is 12.8. The monoisotopic (exact) mass is 471 g/mol. The number of halogens is 2. The zero-order chi connectivity index (χ0) is 23.7. The summed E-state index contributed by atoms with van der Waals surface area (Å²) < 4.78 is 38.4. The largest absolute Gasteiger partial charge is 0.470 e. The van der Waals surface area contributed by atoms with E-state index in [0.717, 1.165) is 0 Å². The van der Waals surface area contributed by atoms with Crippen LogP contribution in [0.15, 0.2) is 36.4 Å². The average Bonchev–Trinajstić information content (AvgIpc) is 3.23. The van der Waals surface area contributed by atoms with Gasteiger partial charge in [0.1, 0.15) is 18.9 Å². The van der Waals surface area contributed by atoms with Crippen LogP contribution in [0.5, 0.6) is 5.88 Å². The van der Waals surface area contributed by atoms with Crippen molar-refractivity contribution in [2.24, 2.45) is 0 Å². The van der Waals surface area contributed by atoms with Crippen molar-refractivity contribution in [2.75, 3.05) is 37.7 Å². The highest BCUT2D eigenvalue weighted by Gasteiger charge is 2.34. The molecule has 12 heteroatoms. The third-order valence-electron chi connectivity index (χ3n) is 5.99. The van der Waals surface area contributed by atoms with Crippen LogP contribution in [0.25, 0.3) is 5.69 Å². The molecule has 10 nitrogen and oxygen atoms in total. The van der Waals surface area contributed by atoms with Gasteiger partial charge in [0.15, 0.2) is 5.82 Å². The van der Waals surface area contributed by atoms with Crippen molar-refractivity contribution in [3.8, 4) is 11.6 Å². The molecule has 1 amide bonds. The Bertz CT molecular complexity index is 1150. The van der Waals surface area contributed by atoms with E-state index in [4.69, 9.17) is 9.47 Å². The maximum absolute atomic E-state index is 12.8. The summed E-state index contributed by atoms with van der Waals surface area (Å²) in [5.74, 6) is 1.06. The second-order valence-electron chi connectivity index (χ2n) is 8.15. The van der Waals surface area contributed by atoms with Crippen LogP contribution in [0.1, 0.15) is 23.4 Å². The topological polar surface area (TPSA) is 98.5 Å². The number of alkyl halides is 2. The van der Waals surface area contributed by atoms with Crippen LogP contribution >= 0.6 is 0 Å². The zero-order valence-electron chi connectivity index (χ0n) is 18.5. The first-order valence-electron chi connectivity index (χ1n) is 10.9. The number of ether oxygens (including phenoxy) is 2. The summed E-state index contributed by atoms with van der Waals surface area (Å²) in [4.78, 5) is 15.9. The fourth-order valence-corrected chi connectivity index (χ4v) is 4.11. The van der Waals surface area contributed by atoms with E-state index >= 15 is 0 Å². The highest BCUT2D eigenvalue weighted by molar-refractivity contribution is 5.78. The molecule has 1 aromatic carbocycles. The Balaban J connectivity index is 1.24. The molecule has 1 atom stereocenters. The molecule has 0 spiro atoms. The minimum Gasteiger partial charge on any atom is -0.470 e. The molecule has 2 aliphatic rings. The summed E-state index contributed by atoms with van der Waals surface area (Å²) in [7, 11) is 0. The first-order chi connectivity index (χ1) is 16.5. The SMILES string of the molecule is Cc1nnn(-c2ccc(C(F)F)cc2)c1COc1ccc(N2CCN3C(=O)COC[C@@H]3C2)nn1. The average molecular weight is 471 g/mol. The number of anilines is 1. The van der Waals surface area contributed by atoms with Gasteiger partial charge < -0.3 is 19.3 Å². The minimum absolute atomic E-state index is 0.0123. The zero-order valence-corrected chi connectivity index (χ0v) is 18.5. The smallest absolute Gasteiger partial charge is 0.263 e. The van der Waals surface area contributed by atoms with Crippen molar-refractivity contribution < 1.29 is 23.0 Å². The number of carbonyl (C=O) groups excluding carboxylic acids is 1. The lowest BCUT2D eigenvalue weighted by atomic mass is 10.1. The van der Waals surface area contributed by atoms with Gasteiger partial charge in [-0.1, -0.05) is 17.3 Å². The quantitative estimate of drug-likeness (QED) is 0.538. The van der Waals surface area contributed by atoms with Gasteiger partial charge >= 0.3 is 0 Å². The van der Waals surface area contributed by atoms with Crippen LogP contribution in [0.3, 0.4) is 0 Å². The van der Waals surface area contributed by atoms with Crippen LogP contribution in [0, 0.1) is 6.92 Å². The molecule has 4 heterocycles. The van der Waals surface area contributed by atoms with Crippen LogP contribution in [-0.4, -0.2) is 74.9 Å². The van der Waals surface area contributed by atoms with Gasteiger partial charge in [0.25, 0.3) is 6.43 Å². The van der Waals surface area contributed by atoms with Gasteiger partial charge in [0.2, 0.25) is 11.8 Å². The Morgan fingerprint density at radius 2 is 1.94 bits per heavy atom. The molecule has 0 radical (unpaired) electrons. The molecule has 2 aliphatic heterocycles. The Labute approximate surface area is 194 Å². The number of benzene rings is 1. The van der Waals surface area contributed by atoms with Crippen LogP contribution < -0.4 is 9.64 Å². The van der Waals surface area contributed by atoms with E-state index in [-0.39, 0.29) is 30.7 Å². The van der Waals surface area contributed by atoms with Gasteiger partial charge in [0, 0.05) is 31.3 Å². The molecule has 0 unspecified atom stereocenters. The number of hydrogen-bond donors (Lipinski definition) is 0. The lowest BCUT2D eigenvalue weighted by Gasteiger charge is -2.43. The highest BCUT2D eigenvalue weighted by Crippen LogP contribution is 2.23. The van der Waals surface area contributed by atoms with Crippen LogP contribution in [0.2, 0.25) is 0 Å². The molecule has 3 aromatic rings. The number of hydrogen-bond acceptors (Lipinski definition) is 8. The first kappa shape index (κ1) is 22.1. The fraction of sp³-hybridized carbons (Fsp3) is 0.409. The summed E-state index contributed by atoms with van der Waals surface area (Å²) in [5.41, 5.74) is 1.88. The van der Waals surface area contributed by atoms with E-state index in [2.05, 4.69) is 25.4 Å². The van der Waals surface area contributed by atoms with Crippen molar-refractivity contribution in [1.82, 2.24) is 30.1 Å². The minimum atomic E-state index is -2.53. The van der Waals surface area contributed by atoms with E-state index in [9.17, 15) is 13.6 Å². The van der Waals surface area contributed by atoms with Crippen LogP contribution in [0.4, 0.5) is 14.6 Å². The number of aromatic nitrogens is 5. The first-order valence-corrected chi connectivity index (χ1v) is 10.9. The second-order valence-corrected chi connectivity index (χ2v) is 8.15. The van der Waals surface area contributed by atoms with E-state index in [1.807, 2.05) is 11.0 Å². The van der Waals surface area contributed by atoms with E-state index in [1.54, 1.807) is 29.8 Å². The predicted molar refractivity (Wildman–Crippen MR) is 116 cm³/mol. The molecule has 2 aromatic heterocycles. The number of piperazine rings is 1. The number of nitrogens with zero attached hydrogens (tertiary/aromatic N) is 7. The van der Waals surface area contributed by atoms with Gasteiger partial charge in [0.05, 0.1) is 24.0 Å². The predicted octanol–water partition coefficient (Wildman–Crippen LogP) is 1.93. The lowest BCUT2D eigenvalue weighted by molar-refractivity contribution is -0.148. The molecule has 0 N–H and O–H groups in total. The molecule has 178 valence electrons. The van der Waals surface area contributed by atoms with E-state index in [1.165, 1.54) is 12.1 Å². The number of morpholine rings is 1. The molecule has 2 fully saturated rings. The van der Waals surface area contributed by atoms with E-state index in [0.29, 0.717) is 55.0 Å². The fourth-order valence-electron chi connectivity index (χ4n) is 4.11. The summed E-state index contributed by atoms with van der Waals surface area (Å²) in [6.45, 7) is 4.52. The van der Waals surface area contributed by atoms with Crippen molar-refractivity contribution in [3.05, 3.63) is 53.3 Å². The van der Waals surface area contributed by atoms with Gasteiger partial charge in [-0.25, -0.2) is 13.5 Å². The van der Waals surface area contributed by atoms with Crippen molar-refractivity contribution in [2.45, 2.75) is 26.0 Å². The van der Waals surface area contributed by atoms with Crippen LogP contribution in [-0.2, 0) is 16.1 Å². The van der Waals surface area contributed by atoms with Crippen molar-refractivity contribution >= 4 is 11.7 Å². The summed E-state index contributed by atoms with van der Waals surface area (Å²) in [6.07, 6.45) is -2.53. The summed E-state index contributed by atoms with van der Waals surface area (Å²) in [6, 6.07) is 9.43. The summed E-state index contributed by atoms with van der Waals surface area (Å²) in [5, 5.41) is 16.6. The standard InChI is InChI=1S/C22H23F2N7O3/c1-14-18(31(28-25-14)16-4-2-15(3-5-16)22(23)24)12-34-20-7-6-19(26-27-20)29-8-9-30-17(10-29)11-33-13-21(30)32/h2-7,17,22H,8-13H2,1H3/t17-/m0/s1. The maximum Gasteiger partial charge on any atom is 0.263 e. The molecule has 0 bridgehead atoms. The third-order valence-corrected chi connectivity index (χ3v) is 5.99. The molecule has 5 rings (SSSR count). The highest BCUT2D eigenvalue weighted by atomic mass is 19.3.